The van der Waals surface area contributed by atoms with E-state index in [2.05, 4.69) is 9.97 Å². The summed E-state index contributed by atoms with van der Waals surface area (Å²) in [5, 5.41) is 2.84. The lowest BCUT2D eigenvalue weighted by atomic mass is 10.0. The smallest absolute Gasteiger partial charge is 0.247 e. The molecular formula is C32H34N4O3S. The fraction of sp³-hybridized carbons (Fsp3) is 0.250. The Balaban J connectivity index is 1.67. The molecule has 0 N–H and O–H groups in total. The van der Waals surface area contributed by atoms with Gasteiger partial charge in [0, 0.05) is 57.5 Å². The fourth-order valence-electron chi connectivity index (χ4n) is 4.36. The minimum atomic E-state index is -0.710. The van der Waals surface area contributed by atoms with Crippen LogP contribution < -0.4 is 0 Å². The average Bonchev–Trinajstić information content (AvgIpc) is 3.42. The topological polar surface area (TPSA) is 75.6 Å². The number of aryl methyl sites for hydroxylation is 1. The van der Waals surface area contributed by atoms with Crippen molar-refractivity contribution in [3.05, 3.63) is 112 Å². The number of carbonyl (C=O) groups is 2. The summed E-state index contributed by atoms with van der Waals surface area (Å²) in [7, 11) is 3.36. The Morgan fingerprint density at radius 2 is 1.68 bits per heavy atom. The number of amides is 2. The maximum absolute atomic E-state index is 13.8. The number of ether oxygens (including phenoxy) is 1. The second kappa shape index (κ2) is 14.3. The number of rotatable bonds is 12. The first-order valence-electron chi connectivity index (χ1n) is 13.1. The molecule has 2 aromatic carbocycles. The van der Waals surface area contributed by atoms with Gasteiger partial charge in [0.2, 0.25) is 11.8 Å². The number of likely N-dealkylation sites (N-methyl/N-ethyl adjacent to an activating group) is 1. The largest absolute Gasteiger partial charge is 0.383 e. The molecular weight excluding hydrogens is 520 g/mol. The molecule has 4 aromatic rings. The Morgan fingerprint density at radius 1 is 0.975 bits per heavy atom. The van der Waals surface area contributed by atoms with Gasteiger partial charge in [0.15, 0.2) is 0 Å². The zero-order chi connectivity index (χ0) is 28.3. The van der Waals surface area contributed by atoms with E-state index in [0.717, 1.165) is 33.0 Å². The predicted octanol–water partition coefficient (Wildman–Crippen LogP) is 5.27. The Kier molecular flexibility index (Phi) is 10.3. The van der Waals surface area contributed by atoms with Crippen LogP contribution >= 0.6 is 11.3 Å². The van der Waals surface area contributed by atoms with E-state index in [1.165, 1.54) is 17.4 Å². The Bertz CT molecular complexity index is 1410. The van der Waals surface area contributed by atoms with Crippen molar-refractivity contribution in [3.63, 3.8) is 0 Å². The van der Waals surface area contributed by atoms with Crippen LogP contribution in [-0.2, 0) is 27.3 Å². The highest BCUT2D eigenvalue weighted by Crippen LogP contribution is 2.22. The van der Waals surface area contributed by atoms with Crippen LogP contribution in [0.1, 0.15) is 21.8 Å². The van der Waals surface area contributed by atoms with E-state index in [0.29, 0.717) is 19.6 Å². The first kappa shape index (κ1) is 28.9. The number of aromatic nitrogens is 2. The van der Waals surface area contributed by atoms with Crippen molar-refractivity contribution < 1.29 is 14.3 Å². The molecule has 0 aliphatic carbocycles. The van der Waals surface area contributed by atoms with E-state index in [4.69, 9.17) is 4.74 Å². The number of hydrogen-bond acceptors (Lipinski definition) is 6. The van der Waals surface area contributed by atoms with Crippen LogP contribution in [-0.4, -0.2) is 64.9 Å². The molecule has 40 heavy (non-hydrogen) atoms. The zero-order valence-corrected chi connectivity index (χ0v) is 23.9. The van der Waals surface area contributed by atoms with Gasteiger partial charge < -0.3 is 14.5 Å². The molecule has 0 saturated carbocycles. The minimum absolute atomic E-state index is 0.138. The van der Waals surface area contributed by atoms with Crippen molar-refractivity contribution in [2.75, 3.05) is 27.3 Å². The van der Waals surface area contributed by atoms with Crippen LogP contribution in [0.4, 0.5) is 0 Å². The highest BCUT2D eigenvalue weighted by atomic mass is 32.1. The van der Waals surface area contributed by atoms with E-state index in [-0.39, 0.29) is 18.4 Å². The fourth-order valence-corrected chi connectivity index (χ4v) is 4.94. The van der Waals surface area contributed by atoms with E-state index in [1.807, 2.05) is 79.0 Å². The van der Waals surface area contributed by atoms with Gasteiger partial charge in [-0.1, -0.05) is 54.6 Å². The van der Waals surface area contributed by atoms with Gasteiger partial charge in [0.1, 0.15) is 6.04 Å². The number of carbonyl (C=O) groups excluding carboxylic acids is 2. The molecule has 1 atom stereocenters. The molecule has 1 unspecified atom stereocenters. The molecule has 0 fully saturated rings. The number of benzene rings is 2. The summed E-state index contributed by atoms with van der Waals surface area (Å²) in [4.78, 5) is 39.5. The summed E-state index contributed by atoms with van der Waals surface area (Å²) in [6, 6.07) is 21.1. The molecule has 2 aromatic heterocycles. The Labute approximate surface area is 239 Å². The normalized spacial score (nSPS) is 11.9. The Morgan fingerprint density at radius 3 is 2.33 bits per heavy atom. The van der Waals surface area contributed by atoms with Gasteiger partial charge in [0.05, 0.1) is 17.3 Å². The molecule has 7 nitrogen and oxygen atoms in total. The van der Waals surface area contributed by atoms with Crippen LogP contribution in [0, 0.1) is 6.92 Å². The van der Waals surface area contributed by atoms with Gasteiger partial charge in [-0.25, -0.2) is 4.98 Å². The first-order chi connectivity index (χ1) is 19.4. The number of nitrogens with zero attached hydrogens (tertiary/aromatic N) is 4. The van der Waals surface area contributed by atoms with Crippen molar-refractivity contribution in [2.45, 2.75) is 25.9 Å². The number of hydrogen-bond donors (Lipinski definition) is 0. The third kappa shape index (κ3) is 7.94. The average molecular weight is 555 g/mol. The lowest BCUT2D eigenvalue weighted by Crippen LogP contribution is -2.51. The van der Waals surface area contributed by atoms with E-state index < -0.39 is 6.04 Å². The molecule has 0 saturated heterocycles. The van der Waals surface area contributed by atoms with Crippen LogP contribution in [0.25, 0.3) is 17.2 Å². The summed E-state index contributed by atoms with van der Waals surface area (Å²) in [5.41, 5.74) is 4.74. The summed E-state index contributed by atoms with van der Waals surface area (Å²) in [5.74, 6) is -0.390. The van der Waals surface area contributed by atoms with Crippen molar-refractivity contribution >= 4 is 29.2 Å². The summed E-state index contributed by atoms with van der Waals surface area (Å²) >= 11 is 1.53. The van der Waals surface area contributed by atoms with E-state index in [1.54, 1.807) is 42.4 Å². The van der Waals surface area contributed by atoms with Gasteiger partial charge in [-0.15, -0.1) is 11.3 Å². The maximum atomic E-state index is 13.8. The number of pyridine rings is 1. The van der Waals surface area contributed by atoms with Gasteiger partial charge in [0.25, 0.3) is 0 Å². The molecule has 206 valence electrons. The SMILES string of the molecule is COCCN(C)C(=O)C(Cc1ccccc1)N(Cc1ccc(-c2ccncc2)cc1)C(=O)C=Cc1csc(C)n1. The minimum Gasteiger partial charge on any atom is -0.383 e. The molecule has 0 aliphatic rings. The standard InChI is InChI=1S/C32H34N4O3S/c1-24-34-29(23-40-24)13-14-31(37)36(22-26-9-11-27(12-10-26)28-15-17-33-18-16-28)30(21-25-7-5-4-6-8-25)32(38)35(2)19-20-39-3/h4-18,23,30H,19-22H2,1-3H3. The van der Waals surface area contributed by atoms with Crippen molar-refractivity contribution in [1.29, 1.82) is 0 Å². The summed E-state index contributed by atoms with van der Waals surface area (Å²) < 4.78 is 5.21. The second-order valence-corrected chi connectivity index (χ2v) is 10.5. The van der Waals surface area contributed by atoms with E-state index in [9.17, 15) is 9.59 Å². The van der Waals surface area contributed by atoms with Gasteiger partial charge in [-0.2, -0.15) is 0 Å². The predicted molar refractivity (Wildman–Crippen MR) is 160 cm³/mol. The van der Waals surface area contributed by atoms with E-state index >= 15 is 0 Å². The molecule has 0 spiro atoms. The number of methoxy groups -OCH3 is 1. The quantitative estimate of drug-likeness (QED) is 0.223. The highest BCUT2D eigenvalue weighted by Gasteiger charge is 2.31. The highest BCUT2D eigenvalue weighted by molar-refractivity contribution is 7.09. The van der Waals surface area contributed by atoms with Gasteiger partial charge in [-0.3, -0.25) is 14.6 Å². The van der Waals surface area contributed by atoms with Gasteiger partial charge in [-0.05, 0) is 47.4 Å². The van der Waals surface area contributed by atoms with Crippen molar-refractivity contribution in [2.24, 2.45) is 0 Å². The third-order valence-corrected chi connectivity index (χ3v) is 7.37. The van der Waals surface area contributed by atoms with Crippen molar-refractivity contribution in [1.82, 2.24) is 19.8 Å². The third-order valence-electron chi connectivity index (χ3n) is 6.58. The molecule has 2 amide bonds. The molecule has 8 heteroatoms. The van der Waals surface area contributed by atoms with Gasteiger partial charge >= 0.3 is 0 Å². The molecule has 4 rings (SSSR count). The number of thiazole rings is 1. The Hall–Kier alpha value is -4.14. The summed E-state index contributed by atoms with van der Waals surface area (Å²) in [6.07, 6.45) is 7.14. The molecule has 2 heterocycles. The van der Waals surface area contributed by atoms with Crippen LogP contribution in [0.5, 0.6) is 0 Å². The maximum Gasteiger partial charge on any atom is 0.247 e. The first-order valence-corrected chi connectivity index (χ1v) is 14.0. The zero-order valence-electron chi connectivity index (χ0n) is 23.1. The molecule has 0 aliphatic heterocycles. The molecule has 0 radical (unpaired) electrons. The lowest BCUT2D eigenvalue weighted by Gasteiger charge is -2.33. The molecule has 0 bridgehead atoms. The monoisotopic (exact) mass is 554 g/mol. The lowest BCUT2D eigenvalue weighted by molar-refractivity contribution is -0.143. The van der Waals surface area contributed by atoms with Crippen molar-refractivity contribution in [3.8, 4) is 11.1 Å². The van der Waals surface area contributed by atoms with Crippen LogP contribution in [0.2, 0.25) is 0 Å². The van der Waals surface area contributed by atoms with Crippen LogP contribution in [0.3, 0.4) is 0 Å². The summed E-state index contributed by atoms with van der Waals surface area (Å²) in [6.45, 7) is 3.04. The van der Waals surface area contributed by atoms with Crippen LogP contribution in [0.15, 0.2) is 90.6 Å². The second-order valence-electron chi connectivity index (χ2n) is 9.48.